The Kier molecular flexibility index (Phi) is 4.24. The van der Waals surface area contributed by atoms with Crippen molar-refractivity contribution in [1.82, 2.24) is 0 Å². The zero-order valence-electron chi connectivity index (χ0n) is 10.7. The van der Waals surface area contributed by atoms with Crippen LogP contribution in [0.1, 0.15) is 18.6 Å². The van der Waals surface area contributed by atoms with E-state index in [9.17, 15) is 9.90 Å². The molecule has 1 heterocycles. The summed E-state index contributed by atoms with van der Waals surface area (Å²) < 4.78 is 15.6. The SMILES string of the molecule is CCOC(=O)C(N)C(O)c1ccc2c(c1)OCCO2. The summed E-state index contributed by atoms with van der Waals surface area (Å²) in [4.78, 5) is 11.5. The average molecular weight is 267 g/mol. The molecule has 2 atom stereocenters. The number of hydrogen-bond acceptors (Lipinski definition) is 6. The first-order valence-electron chi connectivity index (χ1n) is 6.13. The number of benzene rings is 1. The van der Waals surface area contributed by atoms with Crippen LogP contribution in [0.4, 0.5) is 0 Å². The number of ether oxygens (including phenoxy) is 3. The smallest absolute Gasteiger partial charge is 0.325 e. The van der Waals surface area contributed by atoms with Crippen molar-refractivity contribution in [2.75, 3.05) is 19.8 Å². The molecule has 6 nitrogen and oxygen atoms in total. The predicted octanol–water partition coefficient (Wildman–Crippen LogP) is 0.382. The van der Waals surface area contributed by atoms with Crippen molar-refractivity contribution >= 4 is 5.97 Å². The van der Waals surface area contributed by atoms with Crippen LogP contribution in [0.3, 0.4) is 0 Å². The molecular weight excluding hydrogens is 250 g/mol. The third-order valence-electron chi connectivity index (χ3n) is 2.81. The van der Waals surface area contributed by atoms with E-state index in [0.717, 1.165) is 0 Å². The van der Waals surface area contributed by atoms with Gasteiger partial charge in [-0.3, -0.25) is 4.79 Å². The molecule has 0 bridgehead atoms. The van der Waals surface area contributed by atoms with Gasteiger partial charge in [-0.05, 0) is 24.6 Å². The Morgan fingerprint density at radius 1 is 1.42 bits per heavy atom. The molecule has 0 aliphatic carbocycles. The second kappa shape index (κ2) is 5.90. The van der Waals surface area contributed by atoms with E-state index in [1.54, 1.807) is 25.1 Å². The fourth-order valence-electron chi connectivity index (χ4n) is 1.82. The second-order valence-corrected chi connectivity index (χ2v) is 4.13. The minimum Gasteiger partial charge on any atom is -0.486 e. The molecule has 0 aromatic heterocycles. The predicted molar refractivity (Wildman–Crippen MR) is 67.0 cm³/mol. The summed E-state index contributed by atoms with van der Waals surface area (Å²) in [5.41, 5.74) is 6.15. The molecule has 19 heavy (non-hydrogen) atoms. The van der Waals surface area contributed by atoms with Crippen molar-refractivity contribution in [3.63, 3.8) is 0 Å². The van der Waals surface area contributed by atoms with Crippen molar-refractivity contribution in [3.05, 3.63) is 23.8 Å². The van der Waals surface area contributed by atoms with E-state index in [1.807, 2.05) is 0 Å². The zero-order chi connectivity index (χ0) is 13.8. The largest absolute Gasteiger partial charge is 0.486 e. The van der Waals surface area contributed by atoms with Gasteiger partial charge in [-0.2, -0.15) is 0 Å². The minimum absolute atomic E-state index is 0.223. The molecule has 0 amide bonds. The Labute approximate surface area is 111 Å². The Morgan fingerprint density at radius 3 is 2.79 bits per heavy atom. The highest BCUT2D eigenvalue weighted by Gasteiger charge is 2.26. The maximum atomic E-state index is 11.5. The maximum absolute atomic E-state index is 11.5. The van der Waals surface area contributed by atoms with Gasteiger partial charge in [0, 0.05) is 0 Å². The highest BCUT2D eigenvalue weighted by molar-refractivity contribution is 5.76. The van der Waals surface area contributed by atoms with E-state index in [1.165, 1.54) is 0 Å². The molecule has 1 aliphatic heterocycles. The lowest BCUT2D eigenvalue weighted by atomic mass is 10.0. The van der Waals surface area contributed by atoms with Crippen LogP contribution in [-0.2, 0) is 9.53 Å². The number of rotatable bonds is 4. The van der Waals surface area contributed by atoms with Crippen LogP contribution >= 0.6 is 0 Å². The molecule has 104 valence electrons. The normalized spacial score (nSPS) is 16.6. The standard InChI is InChI=1S/C13H17NO5/c1-2-17-13(16)11(14)12(15)8-3-4-9-10(7-8)19-6-5-18-9/h3-4,7,11-12,15H,2,5-6,14H2,1H3. The Morgan fingerprint density at radius 2 is 2.11 bits per heavy atom. The van der Waals surface area contributed by atoms with Crippen molar-refractivity contribution in [3.8, 4) is 11.5 Å². The molecule has 0 saturated heterocycles. The van der Waals surface area contributed by atoms with Crippen molar-refractivity contribution < 1.29 is 24.1 Å². The second-order valence-electron chi connectivity index (χ2n) is 4.13. The van der Waals surface area contributed by atoms with Gasteiger partial charge in [0.15, 0.2) is 11.5 Å². The third kappa shape index (κ3) is 2.97. The summed E-state index contributed by atoms with van der Waals surface area (Å²) in [7, 11) is 0. The van der Waals surface area contributed by atoms with Gasteiger partial charge in [0.05, 0.1) is 6.61 Å². The molecule has 2 unspecified atom stereocenters. The fourth-order valence-corrected chi connectivity index (χ4v) is 1.82. The Hall–Kier alpha value is -1.79. The first-order chi connectivity index (χ1) is 9.13. The van der Waals surface area contributed by atoms with E-state index in [-0.39, 0.29) is 6.61 Å². The number of hydrogen-bond donors (Lipinski definition) is 2. The van der Waals surface area contributed by atoms with Gasteiger partial charge in [-0.1, -0.05) is 6.07 Å². The van der Waals surface area contributed by atoms with Crippen LogP contribution in [0.15, 0.2) is 18.2 Å². The molecule has 1 aromatic rings. The molecule has 1 aromatic carbocycles. The van der Waals surface area contributed by atoms with E-state index < -0.39 is 18.1 Å². The lowest BCUT2D eigenvalue weighted by molar-refractivity contribution is -0.147. The van der Waals surface area contributed by atoms with E-state index in [2.05, 4.69) is 0 Å². The van der Waals surface area contributed by atoms with Crippen molar-refractivity contribution in [2.45, 2.75) is 19.1 Å². The van der Waals surface area contributed by atoms with Crippen LogP contribution in [-0.4, -0.2) is 36.9 Å². The number of carbonyl (C=O) groups is 1. The maximum Gasteiger partial charge on any atom is 0.325 e. The van der Waals surface area contributed by atoms with Crippen molar-refractivity contribution in [1.29, 1.82) is 0 Å². The van der Waals surface area contributed by atoms with Gasteiger partial charge in [0.1, 0.15) is 25.4 Å². The van der Waals surface area contributed by atoms with Gasteiger partial charge >= 0.3 is 5.97 Å². The molecule has 1 aliphatic rings. The number of esters is 1. The number of aliphatic hydroxyl groups excluding tert-OH is 1. The third-order valence-corrected chi connectivity index (χ3v) is 2.81. The van der Waals surface area contributed by atoms with Gasteiger partial charge in [0.2, 0.25) is 0 Å². The molecule has 6 heteroatoms. The molecular formula is C13H17NO5. The highest BCUT2D eigenvalue weighted by atomic mass is 16.6. The molecule has 0 fully saturated rings. The monoisotopic (exact) mass is 267 g/mol. The topological polar surface area (TPSA) is 91.0 Å². The molecule has 3 N–H and O–H groups in total. The highest BCUT2D eigenvalue weighted by Crippen LogP contribution is 2.33. The molecule has 0 radical (unpaired) electrons. The molecule has 2 rings (SSSR count). The summed E-state index contributed by atoms with van der Waals surface area (Å²) in [6, 6.07) is 3.84. The number of aliphatic hydroxyl groups is 1. The van der Waals surface area contributed by atoms with Crippen LogP contribution in [0, 0.1) is 0 Å². The summed E-state index contributed by atoms with van der Waals surface area (Å²) in [6.45, 7) is 2.86. The van der Waals surface area contributed by atoms with Gasteiger partial charge in [-0.25, -0.2) is 0 Å². The average Bonchev–Trinajstić information content (AvgIpc) is 2.45. The summed E-state index contributed by atoms with van der Waals surface area (Å²) in [5, 5.41) is 10.1. The minimum atomic E-state index is -1.14. The zero-order valence-corrected chi connectivity index (χ0v) is 10.7. The van der Waals surface area contributed by atoms with Crippen LogP contribution < -0.4 is 15.2 Å². The van der Waals surface area contributed by atoms with Gasteiger partial charge in [-0.15, -0.1) is 0 Å². The fraction of sp³-hybridized carbons (Fsp3) is 0.462. The summed E-state index contributed by atoms with van der Waals surface area (Å²) in [5.74, 6) is 0.524. The van der Waals surface area contributed by atoms with Crippen LogP contribution in [0.5, 0.6) is 11.5 Å². The lowest BCUT2D eigenvalue weighted by Gasteiger charge is -2.22. The number of fused-ring (bicyclic) bond motifs is 1. The Bertz CT molecular complexity index is 462. The molecule has 0 spiro atoms. The quantitative estimate of drug-likeness (QED) is 0.766. The number of carbonyl (C=O) groups excluding carboxylic acids is 1. The van der Waals surface area contributed by atoms with Crippen LogP contribution in [0.25, 0.3) is 0 Å². The number of nitrogens with two attached hydrogens (primary N) is 1. The van der Waals surface area contributed by atoms with E-state index in [0.29, 0.717) is 30.3 Å². The van der Waals surface area contributed by atoms with E-state index >= 15 is 0 Å². The first kappa shape index (κ1) is 13.6. The van der Waals surface area contributed by atoms with Crippen LogP contribution in [0.2, 0.25) is 0 Å². The van der Waals surface area contributed by atoms with Gasteiger partial charge < -0.3 is 25.1 Å². The lowest BCUT2D eigenvalue weighted by Crippen LogP contribution is -2.38. The Balaban J connectivity index is 2.14. The first-order valence-corrected chi connectivity index (χ1v) is 6.13. The van der Waals surface area contributed by atoms with E-state index in [4.69, 9.17) is 19.9 Å². The van der Waals surface area contributed by atoms with Gasteiger partial charge in [0.25, 0.3) is 0 Å². The summed E-state index contributed by atoms with van der Waals surface area (Å²) in [6.07, 6.45) is -1.14. The molecule has 0 saturated carbocycles. The van der Waals surface area contributed by atoms with Crippen molar-refractivity contribution in [2.24, 2.45) is 5.73 Å². The summed E-state index contributed by atoms with van der Waals surface area (Å²) >= 11 is 0.